The molecule has 0 saturated carbocycles. The minimum Gasteiger partial charge on any atom is -0.305 e. The zero-order chi connectivity index (χ0) is 13.9. The van der Waals surface area contributed by atoms with E-state index in [1.807, 2.05) is 24.3 Å². The molecule has 6 heteroatoms. The van der Waals surface area contributed by atoms with Gasteiger partial charge < -0.3 is 5.32 Å². The summed E-state index contributed by atoms with van der Waals surface area (Å²) in [6.07, 6.45) is 1.60. The average Bonchev–Trinajstić information content (AvgIpc) is 2.49. The Labute approximate surface area is 119 Å². The first-order chi connectivity index (χ1) is 9.74. The molecule has 3 rings (SSSR count). The second kappa shape index (κ2) is 5.22. The van der Waals surface area contributed by atoms with E-state index in [0.29, 0.717) is 11.4 Å². The monoisotopic (exact) mass is 284 g/mol. The van der Waals surface area contributed by atoms with Crippen molar-refractivity contribution in [2.24, 2.45) is 0 Å². The van der Waals surface area contributed by atoms with Crippen molar-refractivity contribution in [3.63, 3.8) is 0 Å². The molecule has 0 aliphatic heterocycles. The fraction of sp³-hybridized carbons (Fsp3) is 0. The van der Waals surface area contributed by atoms with Gasteiger partial charge in [0.05, 0.1) is 11.1 Å². The Kier molecular flexibility index (Phi) is 3.26. The quantitative estimate of drug-likeness (QED) is 0.785. The molecular formula is C14H9ClN4O. The number of carbonyl (C=O) groups is 1. The van der Waals surface area contributed by atoms with Gasteiger partial charge in [0.15, 0.2) is 11.0 Å². The van der Waals surface area contributed by atoms with Gasteiger partial charge in [-0.25, -0.2) is 0 Å². The Morgan fingerprint density at radius 1 is 1.05 bits per heavy atom. The first-order valence-corrected chi connectivity index (χ1v) is 6.26. The van der Waals surface area contributed by atoms with Crippen LogP contribution in [0.2, 0.25) is 5.15 Å². The second-order valence-corrected chi connectivity index (χ2v) is 4.46. The van der Waals surface area contributed by atoms with Gasteiger partial charge in [0.2, 0.25) is 0 Å². The van der Waals surface area contributed by atoms with Gasteiger partial charge in [-0.05, 0) is 24.3 Å². The summed E-state index contributed by atoms with van der Waals surface area (Å²) in [7, 11) is 0. The zero-order valence-electron chi connectivity index (χ0n) is 10.2. The van der Waals surface area contributed by atoms with Crippen LogP contribution >= 0.6 is 11.6 Å². The van der Waals surface area contributed by atoms with Crippen LogP contribution in [0.4, 0.5) is 5.82 Å². The van der Waals surface area contributed by atoms with E-state index in [-0.39, 0.29) is 11.1 Å². The van der Waals surface area contributed by atoms with Crippen LogP contribution in [-0.2, 0) is 0 Å². The Morgan fingerprint density at radius 2 is 1.90 bits per heavy atom. The molecule has 0 unspecified atom stereocenters. The maximum Gasteiger partial charge on any atom is 0.257 e. The SMILES string of the molecule is O=C(Nc1ccc(Cl)nn1)c1ccnc2ccccc12. The Bertz CT molecular complexity index is 768. The molecule has 0 atom stereocenters. The van der Waals surface area contributed by atoms with Crippen LogP contribution in [0.3, 0.4) is 0 Å². The number of rotatable bonds is 2. The van der Waals surface area contributed by atoms with Crippen molar-refractivity contribution in [2.45, 2.75) is 0 Å². The number of aromatic nitrogens is 3. The molecule has 20 heavy (non-hydrogen) atoms. The van der Waals surface area contributed by atoms with Crippen molar-refractivity contribution < 1.29 is 4.79 Å². The highest BCUT2D eigenvalue weighted by Gasteiger charge is 2.11. The van der Waals surface area contributed by atoms with E-state index in [1.54, 1.807) is 24.4 Å². The maximum atomic E-state index is 12.3. The molecule has 2 aromatic heterocycles. The molecule has 0 spiro atoms. The van der Waals surface area contributed by atoms with E-state index in [9.17, 15) is 4.79 Å². The van der Waals surface area contributed by atoms with Crippen LogP contribution in [0.5, 0.6) is 0 Å². The number of para-hydroxylation sites is 1. The van der Waals surface area contributed by atoms with E-state index in [4.69, 9.17) is 11.6 Å². The standard InChI is InChI=1S/C14H9ClN4O/c15-12-5-6-13(19-18-12)17-14(20)10-7-8-16-11-4-2-1-3-9(10)11/h1-8H,(H,17,19,20). The maximum absolute atomic E-state index is 12.3. The highest BCUT2D eigenvalue weighted by Crippen LogP contribution is 2.17. The van der Waals surface area contributed by atoms with Crippen LogP contribution in [0, 0.1) is 0 Å². The van der Waals surface area contributed by atoms with E-state index in [0.717, 1.165) is 10.9 Å². The molecule has 5 nitrogen and oxygen atoms in total. The fourth-order valence-electron chi connectivity index (χ4n) is 1.86. The van der Waals surface area contributed by atoms with Crippen molar-refractivity contribution >= 4 is 34.2 Å². The molecular weight excluding hydrogens is 276 g/mol. The van der Waals surface area contributed by atoms with Crippen molar-refractivity contribution in [1.82, 2.24) is 15.2 Å². The molecule has 1 N–H and O–H groups in total. The third-order valence-electron chi connectivity index (χ3n) is 2.77. The number of fused-ring (bicyclic) bond motifs is 1. The Balaban J connectivity index is 1.94. The summed E-state index contributed by atoms with van der Waals surface area (Å²) >= 11 is 5.65. The average molecular weight is 285 g/mol. The lowest BCUT2D eigenvalue weighted by Gasteiger charge is -2.06. The lowest BCUT2D eigenvalue weighted by Crippen LogP contribution is -2.14. The topological polar surface area (TPSA) is 67.8 Å². The van der Waals surface area contributed by atoms with E-state index >= 15 is 0 Å². The molecule has 0 saturated heterocycles. The van der Waals surface area contributed by atoms with Gasteiger partial charge in [-0.1, -0.05) is 29.8 Å². The lowest BCUT2D eigenvalue weighted by atomic mass is 10.1. The number of carbonyl (C=O) groups excluding carboxylic acids is 1. The summed E-state index contributed by atoms with van der Waals surface area (Å²) in [5.74, 6) is 0.0838. The summed E-state index contributed by atoms with van der Waals surface area (Å²) < 4.78 is 0. The smallest absolute Gasteiger partial charge is 0.257 e. The number of anilines is 1. The van der Waals surface area contributed by atoms with Crippen molar-refractivity contribution in [1.29, 1.82) is 0 Å². The molecule has 0 fully saturated rings. The van der Waals surface area contributed by atoms with Crippen LogP contribution in [-0.4, -0.2) is 21.1 Å². The number of nitrogens with zero attached hydrogens (tertiary/aromatic N) is 3. The van der Waals surface area contributed by atoms with Gasteiger partial charge in [-0.3, -0.25) is 9.78 Å². The molecule has 2 heterocycles. The minimum absolute atomic E-state index is 0.264. The number of halogens is 1. The largest absolute Gasteiger partial charge is 0.305 e. The third-order valence-corrected chi connectivity index (χ3v) is 2.97. The predicted molar refractivity (Wildman–Crippen MR) is 76.7 cm³/mol. The van der Waals surface area contributed by atoms with Gasteiger partial charge in [0.25, 0.3) is 5.91 Å². The van der Waals surface area contributed by atoms with E-state index in [2.05, 4.69) is 20.5 Å². The molecule has 0 aliphatic rings. The van der Waals surface area contributed by atoms with Gasteiger partial charge in [0.1, 0.15) is 0 Å². The van der Waals surface area contributed by atoms with E-state index < -0.39 is 0 Å². The number of pyridine rings is 1. The summed E-state index contributed by atoms with van der Waals surface area (Å²) in [5, 5.41) is 11.2. The van der Waals surface area contributed by atoms with Crippen LogP contribution in [0.1, 0.15) is 10.4 Å². The number of hydrogen-bond acceptors (Lipinski definition) is 4. The molecule has 98 valence electrons. The van der Waals surface area contributed by atoms with Crippen molar-refractivity contribution in [3.05, 3.63) is 59.4 Å². The second-order valence-electron chi connectivity index (χ2n) is 4.07. The molecule has 3 aromatic rings. The van der Waals surface area contributed by atoms with Gasteiger partial charge >= 0.3 is 0 Å². The minimum atomic E-state index is -0.264. The third kappa shape index (κ3) is 2.44. The summed E-state index contributed by atoms with van der Waals surface area (Å²) in [4.78, 5) is 16.5. The molecule has 0 bridgehead atoms. The summed E-state index contributed by atoms with van der Waals surface area (Å²) in [6.45, 7) is 0. The molecule has 0 aliphatic carbocycles. The van der Waals surface area contributed by atoms with Gasteiger partial charge in [-0.15, -0.1) is 10.2 Å². The molecule has 1 aromatic carbocycles. The lowest BCUT2D eigenvalue weighted by molar-refractivity contribution is 0.102. The van der Waals surface area contributed by atoms with Crippen molar-refractivity contribution in [3.8, 4) is 0 Å². The summed E-state index contributed by atoms with van der Waals surface area (Å²) in [6, 6.07) is 12.3. The summed E-state index contributed by atoms with van der Waals surface area (Å²) in [5.41, 5.74) is 1.30. The highest BCUT2D eigenvalue weighted by molar-refractivity contribution is 6.29. The number of benzene rings is 1. The van der Waals surface area contributed by atoms with Crippen molar-refractivity contribution in [2.75, 3.05) is 5.32 Å². The number of nitrogens with one attached hydrogen (secondary N) is 1. The molecule has 0 radical (unpaired) electrons. The highest BCUT2D eigenvalue weighted by atomic mass is 35.5. The van der Waals surface area contributed by atoms with Crippen LogP contribution in [0.25, 0.3) is 10.9 Å². The first kappa shape index (κ1) is 12.5. The zero-order valence-corrected chi connectivity index (χ0v) is 11.0. The molecule has 1 amide bonds. The Morgan fingerprint density at radius 3 is 2.70 bits per heavy atom. The predicted octanol–water partition coefficient (Wildman–Crippen LogP) is 2.93. The fourth-order valence-corrected chi connectivity index (χ4v) is 1.96. The Hall–Kier alpha value is -2.53. The van der Waals surface area contributed by atoms with E-state index in [1.165, 1.54) is 0 Å². The van der Waals surface area contributed by atoms with Gasteiger partial charge in [0, 0.05) is 11.6 Å². The normalized spacial score (nSPS) is 10.4. The van der Waals surface area contributed by atoms with Crippen LogP contribution in [0.15, 0.2) is 48.7 Å². The van der Waals surface area contributed by atoms with Crippen LogP contribution < -0.4 is 5.32 Å². The number of hydrogen-bond donors (Lipinski definition) is 1. The number of amides is 1. The van der Waals surface area contributed by atoms with Gasteiger partial charge in [-0.2, -0.15) is 0 Å². The first-order valence-electron chi connectivity index (χ1n) is 5.88.